The Balaban J connectivity index is 0.00000392. The molecule has 1 fully saturated rings. The zero-order valence-electron chi connectivity index (χ0n) is 16.6. The van der Waals surface area contributed by atoms with Gasteiger partial charge in [0.25, 0.3) is 5.91 Å². The second-order valence-corrected chi connectivity index (χ2v) is 6.87. The second-order valence-electron chi connectivity index (χ2n) is 6.87. The van der Waals surface area contributed by atoms with Gasteiger partial charge in [-0.2, -0.15) is 0 Å². The molecule has 158 valence electrons. The van der Waals surface area contributed by atoms with Crippen LogP contribution in [0.25, 0.3) is 0 Å². The Morgan fingerprint density at radius 1 is 1.21 bits per heavy atom. The predicted octanol–water partition coefficient (Wildman–Crippen LogP) is 1.77. The van der Waals surface area contributed by atoms with E-state index in [2.05, 4.69) is 20.9 Å². The Morgan fingerprint density at radius 2 is 1.96 bits per heavy atom. The number of hydrogen-bond donors (Lipinski definition) is 4. The maximum Gasteiger partial charge on any atom is 0.251 e. The average Bonchev–Trinajstić information content (AvgIpc) is 3.15. The van der Waals surface area contributed by atoms with E-state index in [0.29, 0.717) is 38.2 Å². The van der Waals surface area contributed by atoms with Crippen molar-refractivity contribution in [3.05, 3.63) is 35.9 Å². The van der Waals surface area contributed by atoms with Gasteiger partial charge in [0.05, 0.1) is 13.2 Å². The summed E-state index contributed by atoms with van der Waals surface area (Å²) in [7, 11) is 0. The van der Waals surface area contributed by atoms with Crippen LogP contribution in [0.15, 0.2) is 35.3 Å². The van der Waals surface area contributed by atoms with Crippen molar-refractivity contribution in [2.24, 2.45) is 10.4 Å². The number of ether oxygens (including phenoxy) is 1. The molecule has 0 bridgehead atoms. The minimum absolute atomic E-state index is 0. The molecule has 1 aromatic rings. The zero-order valence-corrected chi connectivity index (χ0v) is 18.9. The SMILES string of the molecule is CCNC(=NCC1(CCO)CCOC1)NCCCNC(=O)c1ccccc1.I. The fourth-order valence-corrected chi connectivity index (χ4v) is 3.06. The molecule has 0 aliphatic carbocycles. The number of nitrogens with one attached hydrogen (secondary N) is 3. The van der Waals surface area contributed by atoms with Crippen LogP contribution in [-0.4, -0.2) is 63.0 Å². The summed E-state index contributed by atoms with van der Waals surface area (Å²) in [4.78, 5) is 16.7. The molecule has 4 N–H and O–H groups in total. The number of rotatable bonds is 10. The van der Waals surface area contributed by atoms with Crippen molar-refractivity contribution >= 4 is 35.8 Å². The Labute approximate surface area is 184 Å². The maximum atomic E-state index is 12.0. The summed E-state index contributed by atoms with van der Waals surface area (Å²) in [6.45, 7) is 6.30. The number of hydrogen-bond acceptors (Lipinski definition) is 4. The molecule has 8 heteroatoms. The fraction of sp³-hybridized carbons (Fsp3) is 0.600. The van der Waals surface area contributed by atoms with Gasteiger partial charge >= 0.3 is 0 Å². The quantitative estimate of drug-likeness (QED) is 0.169. The molecule has 0 spiro atoms. The van der Waals surface area contributed by atoms with Crippen molar-refractivity contribution in [1.82, 2.24) is 16.0 Å². The number of carbonyl (C=O) groups is 1. The van der Waals surface area contributed by atoms with Gasteiger partial charge in [-0.3, -0.25) is 9.79 Å². The normalized spacial score (nSPS) is 19.0. The molecule has 1 amide bonds. The maximum absolute atomic E-state index is 12.0. The molecule has 1 heterocycles. The molecular weight excluding hydrogens is 471 g/mol. The third kappa shape index (κ3) is 8.32. The first-order chi connectivity index (χ1) is 13.2. The first-order valence-corrected chi connectivity index (χ1v) is 9.73. The van der Waals surface area contributed by atoms with E-state index >= 15 is 0 Å². The topological polar surface area (TPSA) is 95.0 Å². The van der Waals surface area contributed by atoms with E-state index in [1.54, 1.807) is 12.1 Å². The highest BCUT2D eigenvalue weighted by molar-refractivity contribution is 14.0. The molecule has 7 nitrogen and oxygen atoms in total. The lowest BCUT2D eigenvalue weighted by Crippen LogP contribution is -2.40. The van der Waals surface area contributed by atoms with Gasteiger partial charge in [0.2, 0.25) is 0 Å². The third-order valence-corrected chi connectivity index (χ3v) is 4.71. The highest BCUT2D eigenvalue weighted by Crippen LogP contribution is 2.32. The van der Waals surface area contributed by atoms with Crippen molar-refractivity contribution < 1.29 is 14.6 Å². The molecule has 0 radical (unpaired) electrons. The van der Waals surface area contributed by atoms with E-state index in [1.807, 2.05) is 25.1 Å². The number of aliphatic hydroxyl groups excluding tert-OH is 1. The lowest BCUT2D eigenvalue weighted by Gasteiger charge is -2.24. The van der Waals surface area contributed by atoms with Gasteiger partial charge in [-0.25, -0.2) is 0 Å². The molecular formula is C20H33IN4O3. The molecule has 1 atom stereocenters. The Bertz CT molecular complexity index is 592. The molecule has 1 aliphatic rings. The van der Waals surface area contributed by atoms with Crippen molar-refractivity contribution in [2.45, 2.75) is 26.2 Å². The molecule has 0 saturated carbocycles. The number of carbonyl (C=O) groups excluding carboxylic acids is 1. The van der Waals surface area contributed by atoms with Gasteiger partial charge in [0.1, 0.15) is 0 Å². The Kier molecular flexibility index (Phi) is 12.1. The average molecular weight is 504 g/mol. The van der Waals surface area contributed by atoms with Crippen LogP contribution in [-0.2, 0) is 4.74 Å². The van der Waals surface area contributed by atoms with Gasteiger partial charge < -0.3 is 25.8 Å². The number of amides is 1. The number of aliphatic imine (C=N–C) groups is 1. The van der Waals surface area contributed by atoms with Crippen LogP contribution in [0.1, 0.15) is 36.5 Å². The molecule has 1 aromatic carbocycles. The van der Waals surface area contributed by atoms with Gasteiger partial charge in [-0.15, -0.1) is 24.0 Å². The number of benzene rings is 1. The number of halogens is 1. The van der Waals surface area contributed by atoms with Crippen LogP contribution >= 0.6 is 24.0 Å². The summed E-state index contributed by atoms with van der Waals surface area (Å²) in [5.74, 6) is 0.708. The Morgan fingerprint density at radius 3 is 2.61 bits per heavy atom. The van der Waals surface area contributed by atoms with Crippen LogP contribution in [0, 0.1) is 5.41 Å². The van der Waals surface area contributed by atoms with Crippen LogP contribution in [0.2, 0.25) is 0 Å². The van der Waals surface area contributed by atoms with Crippen molar-refractivity contribution in [3.63, 3.8) is 0 Å². The molecule has 1 unspecified atom stereocenters. The number of nitrogens with zero attached hydrogens (tertiary/aromatic N) is 1. The van der Waals surface area contributed by atoms with Gasteiger partial charge in [0.15, 0.2) is 5.96 Å². The largest absolute Gasteiger partial charge is 0.396 e. The molecule has 28 heavy (non-hydrogen) atoms. The van der Waals surface area contributed by atoms with Gasteiger partial charge in [-0.1, -0.05) is 18.2 Å². The highest BCUT2D eigenvalue weighted by atomic mass is 127. The molecule has 1 aliphatic heterocycles. The summed E-state index contributed by atoms with van der Waals surface area (Å²) in [5, 5.41) is 18.8. The van der Waals surface area contributed by atoms with E-state index in [1.165, 1.54) is 0 Å². The smallest absolute Gasteiger partial charge is 0.251 e. The monoisotopic (exact) mass is 504 g/mol. The van der Waals surface area contributed by atoms with E-state index in [4.69, 9.17) is 4.74 Å². The number of aliphatic hydroxyl groups is 1. The van der Waals surface area contributed by atoms with Crippen molar-refractivity contribution in [2.75, 3.05) is 46.0 Å². The molecule has 1 saturated heterocycles. The van der Waals surface area contributed by atoms with Crippen LogP contribution in [0.5, 0.6) is 0 Å². The summed E-state index contributed by atoms with van der Waals surface area (Å²) < 4.78 is 5.52. The summed E-state index contributed by atoms with van der Waals surface area (Å²) in [6, 6.07) is 9.21. The molecule has 2 rings (SSSR count). The summed E-state index contributed by atoms with van der Waals surface area (Å²) in [5.41, 5.74) is 0.620. The zero-order chi connectivity index (χ0) is 19.4. The van der Waals surface area contributed by atoms with E-state index in [9.17, 15) is 9.90 Å². The van der Waals surface area contributed by atoms with E-state index in [-0.39, 0.29) is 41.9 Å². The van der Waals surface area contributed by atoms with Gasteiger partial charge in [0, 0.05) is 43.8 Å². The van der Waals surface area contributed by atoms with E-state index in [0.717, 1.165) is 32.0 Å². The highest BCUT2D eigenvalue weighted by Gasteiger charge is 2.34. The summed E-state index contributed by atoms with van der Waals surface area (Å²) in [6.07, 6.45) is 2.44. The van der Waals surface area contributed by atoms with Crippen molar-refractivity contribution in [3.8, 4) is 0 Å². The third-order valence-electron chi connectivity index (χ3n) is 4.71. The minimum Gasteiger partial charge on any atom is -0.396 e. The lowest BCUT2D eigenvalue weighted by molar-refractivity contribution is 0.0953. The van der Waals surface area contributed by atoms with Crippen molar-refractivity contribution in [1.29, 1.82) is 0 Å². The van der Waals surface area contributed by atoms with Crippen LogP contribution in [0.4, 0.5) is 0 Å². The Hall–Kier alpha value is -1.39. The number of guanidine groups is 1. The minimum atomic E-state index is -0.0548. The second kappa shape index (κ2) is 13.7. The van der Waals surface area contributed by atoms with Gasteiger partial charge in [-0.05, 0) is 38.3 Å². The summed E-state index contributed by atoms with van der Waals surface area (Å²) >= 11 is 0. The molecule has 0 aromatic heterocycles. The lowest BCUT2D eigenvalue weighted by atomic mass is 9.84. The predicted molar refractivity (Wildman–Crippen MR) is 122 cm³/mol. The van der Waals surface area contributed by atoms with Crippen LogP contribution < -0.4 is 16.0 Å². The van der Waals surface area contributed by atoms with Crippen LogP contribution in [0.3, 0.4) is 0 Å². The van der Waals surface area contributed by atoms with E-state index < -0.39 is 0 Å². The first kappa shape index (κ1) is 24.6. The standard InChI is InChI=1S/C20H32N4O3.HI/c1-2-21-19(24-15-20(9-13-25)10-14-27-16-20)23-12-6-11-22-18(26)17-7-4-3-5-8-17;/h3-5,7-8,25H,2,6,9-16H2,1H3,(H,22,26)(H2,21,23,24);1H. The first-order valence-electron chi connectivity index (χ1n) is 9.73. The fourth-order valence-electron chi connectivity index (χ4n) is 3.06.